The molecule has 0 spiro atoms. The van der Waals surface area contributed by atoms with Gasteiger partial charge in [-0.1, -0.05) is 6.07 Å². The molecule has 0 aliphatic carbocycles. The van der Waals surface area contributed by atoms with E-state index in [2.05, 4.69) is 37.0 Å². The number of pyridine rings is 1. The van der Waals surface area contributed by atoms with Crippen molar-refractivity contribution < 1.29 is 0 Å². The number of hydrogen-bond acceptors (Lipinski definition) is 5. The van der Waals surface area contributed by atoms with Crippen LogP contribution in [-0.2, 0) is 6.54 Å². The van der Waals surface area contributed by atoms with Crippen molar-refractivity contribution in [1.82, 2.24) is 15.0 Å². The van der Waals surface area contributed by atoms with Crippen LogP contribution in [-0.4, -0.2) is 21.5 Å². The SMILES string of the molecule is N#CCCN(Cc1cccnc1)c1nc(Cl)ncc1Br. The number of nitriles is 1. The molecule has 0 radical (unpaired) electrons. The second kappa shape index (κ2) is 7.17. The van der Waals surface area contributed by atoms with Crippen LogP contribution in [0.3, 0.4) is 0 Å². The van der Waals surface area contributed by atoms with Crippen LogP contribution in [0.1, 0.15) is 12.0 Å². The summed E-state index contributed by atoms with van der Waals surface area (Å²) in [6.45, 7) is 1.15. The summed E-state index contributed by atoms with van der Waals surface area (Å²) >= 11 is 9.26. The topological polar surface area (TPSA) is 65.7 Å². The molecule has 2 rings (SSSR count). The second-order valence-corrected chi connectivity index (χ2v) is 5.19. The predicted octanol–water partition coefficient (Wildman–Crippen LogP) is 3.21. The zero-order valence-electron chi connectivity index (χ0n) is 10.5. The summed E-state index contributed by atoms with van der Waals surface area (Å²) in [4.78, 5) is 14.2. The molecule has 0 saturated heterocycles. The Hall–Kier alpha value is -1.71. The summed E-state index contributed by atoms with van der Waals surface area (Å²) < 4.78 is 0.740. The Morgan fingerprint density at radius 2 is 2.25 bits per heavy atom. The van der Waals surface area contributed by atoms with Crippen molar-refractivity contribution in [3.63, 3.8) is 0 Å². The van der Waals surface area contributed by atoms with Crippen molar-refractivity contribution in [1.29, 1.82) is 5.26 Å². The fraction of sp³-hybridized carbons (Fsp3) is 0.231. The molecule has 0 aromatic carbocycles. The van der Waals surface area contributed by atoms with Crippen molar-refractivity contribution in [2.75, 3.05) is 11.4 Å². The van der Waals surface area contributed by atoms with Crippen molar-refractivity contribution in [3.8, 4) is 6.07 Å². The van der Waals surface area contributed by atoms with Gasteiger partial charge in [0.2, 0.25) is 5.28 Å². The molecule has 2 aromatic heterocycles. The number of aromatic nitrogens is 3. The van der Waals surface area contributed by atoms with Crippen LogP contribution in [0.2, 0.25) is 5.28 Å². The maximum atomic E-state index is 8.79. The van der Waals surface area contributed by atoms with Crippen molar-refractivity contribution in [2.24, 2.45) is 0 Å². The van der Waals surface area contributed by atoms with E-state index in [4.69, 9.17) is 16.9 Å². The van der Waals surface area contributed by atoms with Crippen LogP contribution in [0.15, 0.2) is 35.2 Å². The molecule has 20 heavy (non-hydrogen) atoms. The molecule has 0 fully saturated rings. The number of rotatable bonds is 5. The largest absolute Gasteiger partial charge is 0.350 e. The maximum absolute atomic E-state index is 8.79. The van der Waals surface area contributed by atoms with E-state index in [9.17, 15) is 0 Å². The summed E-state index contributed by atoms with van der Waals surface area (Å²) in [6.07, 6.45) is 5.51. The minimum Gasteiger partial charge on any atom is -0.350 e. The lowest BCUT2D eigenvalue weighted by molar-refractivity contribution is 0.775. The first kappa shape index (κ1) is 14.7. The van der Waals surface area contributed by atoms with Gasteiger partial charge in [-0.15, -0.1) is 0 Å². The molecule has 2 aromatic rings. The average molecular weight is 353 g/mol. The first-order valence-corrected chi connectivity index (χ1v) is 7.06. The van der Waals surface area contributed by atoms with Gasteiger partial charge in [-0.2, -0.15) is 10.2 Å². The molecule has 0 amide bonds. The van der Waals surface area contributed by atoms with Crippen LogP contribution < -0.4 is 4.90 Å². The highest BCUT2D eigenvalue weighted by molar-refractivity contribution is 9.10. The third-order valence-corrected chi connectivity index (χ3v) is 3.33. The fourth-order valence-electron chi connectivity index (χ4n) is 1.72. The predicted molar refractivity (Wildman–Crippen MR) is 80.3 cm³/mol. The Bertz CT molecular complexity index is 614. The van der Waals surface area contributed by atoms with E-state index in [0.717, 1.165) is 10.0 Å². The quantitative estimate of drug-likeness (QED) is 0.773. The van der Waals surface area contributed by atoms with Crippen molar-refractivity contribution in [2.45, 2.75) is 13.0 Å². The third-order valence-electron chi connectivity index (χ3n) is 2.59. The molecule has 0 N–H and O–H groups in total. The zero-order valence-corrected chi connectivity index (χ0v) is 12.8. The molecule has 0 unspecified atom stereocenters. The van der Waals surface area contributed by atoms with E-state index in [0.29, 0.717) is 25.3 Å². The molecule has 7 heteroatoms. The molecule has 102 valence electrons. The number of nitrogens with zero attached hydrogens (tertiary/aromatic N) is 5. The van der Waals surface area contributed by atoms with Crippen molar-refractivity contribution in [3.05, 3.63) is 46.0 Å². The first-order valence-electron chi connectivity index (χ1n) is 5.89. The molecule has 0 bridgehead atoms. The van der Waals surface area contributed by atoms with Gasteiger partial charge >= 0.3 is 0 Å². The minimum atomic E-state index is 0.177. The average Bonchev–Trinajstić information content (AvgIpc) is 2.47. The Kier molecular flexibility index (Phi) is 5.27. The van der Waals surface area contributed by atoms with E-state index in [-0.39, 0.29) is 5.28 Å². The van der Waals surface area contributed by atoms with Gasteiger partial charge in [-0.25, -0.2) is 4.98 Å². The van der Waals surface area contributed by atoms with Crippen LogP contribution in [0.5, 0.6) is 0 Å². The molecule has 0 aliphatic rings. The van der Waals surface area contributed by atoms with Gasteiger partial charge in [0.15, 0.2) is 0 Å². The van der Waals surface area contributed by atoms with E-state index in [1.54, 1.807) is 18.6 Å². The third kappa shape index (κ3) is 3.89. The Morgan fingerprint density at radius 1 is 1.40 bits per heavy atom. The van der Waals surface area contributed by atoms with Gasteiger partial charge in [0.05, 0.1) is 17.0 Å². The molecule has 0 atom stereocenters. The van der Waals surface area contributed by atoms with Crippen LogP contribution in [0.4, 0.5) is 5.82 Å². The van der Waals surface area contributed by atoms with E-state index in [1.807, 2.05) is 17.0 Å². The number of halogens is 2. The lowest BCUT2D eigenvalue weighted by Crippen LogP contribution is -2.25. The van der Waals surface area contributed by atoms with Gasteiger partial charge < -0.3 is 4.90 Å². The van der Waals surface area contributed by atoms with Crippen LogP contribution in [0.25, 0.3) is 0 Å². The highest BCUT2D eigenvalue weighted by atomic mass is 79.9. The van der Waals surface area contributed by atoms with Gasteiger partial charge in [-0.3, -0.25) is 4.98 Å². The Balaban J connectivity index is 2.27. The zero-order chi connectivity index (χ0) is 14.4. The first-order chi connectivity index (χ1) is 9.70. The van der Waals surface area contributed by atoms with E-state index >= 15 is 0 Å². The maximum Gasteiger partial charge on any atom is 0.224 e. The van der Waals surface area contributed by atoms with E-state index in [1.165, 1.54) is 0 Å². The summed E-state index contributed by atoms with van der Waals surface area (Å²) in [7, 11) is 0. The molecule has 5 nitrogen and oxygen atoms in total. The Morgan fingerprint density at radius 3 is 2.95 bits per heavy atom. The molecule has 0 saturated carbocycles. The van der Waals surface area contributed by atoms with Crippen LogP contribution >= 0.6 is 27.5 Å². The molecular formula is C13H11BrClN5. The second-order valence-electron chi connectivity index (χ2n) is 4.00. The van der Waals surface area contributed by atoms with Gasteiger partial charge in [0.25, 0.3) is 0 Å². The summed E-state index contributed by atoms with van der Waals surface area (Å²) in [6, 6.07) is 5.99. The number of hydrogen-bond donors (Lipinski definition) is 0. The normalized spacial score (nSPS) is 10.1. The summed E-state index contributed by atoms with van der Waals surface area (Å²) in [5.41, 5.74) is 1.03. The minimum absolute atomic E-state index is 0.177. The van der Waals surface area contributed by atoms with E-state index < -0.39 is 0 Å². The number of anilines is 1. The molecular weight excluding hydrogens is 342 g/mol. The highest BCUT2D eigenvalue weighted by Gasteiger charge is 2.13. The lowest BCUT2D eigenvalue weighted by Gasteiger charge is -2.23. The van der Waals surface area contributed by atoms with Gasteiger partial charge in [0, 0.05) is 31.7 Å². The smallest absolute Gasteiger partial charge is 0.224 e. The van der Waals surface area contributed by atoms with Gasteiger partial charge in [-0.05, 0) is 39.2 Å². The molecule has 0 aliphatic heterocycles. The van der Waals surface area contributed by atoms with Gasteiger partial charge in [0.1, 0.15) is 5.82 Å². The van der Waals surface area contributed by atoms with Crippen molar-refractivity contribution >= 4 is 33.3 Å². The summed E-state index contributed by atoms with van der Waals surface area (Å²) in [5.74, 6) is 0.670. The monoisotopic (exact) mass is 351 g/mol. The lowest BCUT2D eigenvalue weighted by atomic mass is 10.2. The highest BCUT2D eigenvalue weighted by Crippen LogP contribution is 2.25. The standard InChI is InChI=1S/C13H11BrClN5/c14-11-8-18-13(15)19-12(11)20(6-2-4-16)9-10-3-1-5-17-7-10/h1,3,5,7-8H,2,6,9H2. The summed E-state index contributed by atoms with van der Waals surface area (Å²) in [5, 5.41) is 8.97. The van der Waals surface area contributed by atoms with Crippen LogP contribution in [0, 0.1) is 11.3 Å². The molecule has 2 heterocycles. The fourth-order valence-corrected chi connectivity index (χ4v) is 2.29. The Labute approximate surface area is 130 Å².